The maximum absolute atomic E-state index is 3.67. The molecule has 0 aromatic carbocycles. The van der Waals surface area contributed by atoms with Crippen molar-refractivity contribution in [1.82, 2.24) is 10.2 Å². The second-order valence-corrected chi connectivity index (χ2v) is 5.74. The molecule has 2 heterocycles. The molecule has 2 heteroatoms. The van der Waals surface area contributed by atoms with Crippen molar-refractivity contribution in [2.75, 3.05) is 26.2 Å². The molecule has 0 spiro atoms. The second-order valence-electron chi connectivity index (χ2n) is 5.74. The molecular weight excluding hydrogens is 184 g/mol. The zero-order valence-electron chi connectivity index (χ0n) is 10.4. The molecule has 2 aliphatic heterocycles. The molecule has 88 valence electrons. The van der Waals surface area contributed by atoms with Gasteiger partial charge in [-0.15, -0.1) is 0 Å². The molecule has 1 N–H and O–H groups in total. The molecule has 2 aliphatic rings. The molecule has 0 aromatic rings. The van der Waals surface area contributed by atoms with Gasteiger partial charge in [-0.3, -0.25) is 0 Å². The Morgan fingerprint density at radius 3 is 2.93 bits per heavy atom. The summed E-state index contributed by atoms with van der Waals surface area (Å²) in [5.74, 6) is 0.962. The number of rotatable bonds is 3. The largest absolute Gasteiger partial charge is 0.310 e. The zero-order valence-corrected chi connectivity index (χ0v) is 10.4. The fraction of sp³-hybridized carbons (Fsp3) is 1.00. The third kappa shape index (κ3) is 2.94. The summed E-state index contributed by atoms with van der Waals surface area (Å²) in [5, 5.41) is 3.67. The molecule has 2 rings (SSSR count). The Morgan fingerprint density at radius 2 is 2.27 bits per heavy atom. The van der Waals surface area contributed by atoms with Crippen LogP contribution >= 0.6 is 0 Å². The van der Waals surface area contributed by atoms with E-state index < -0.39 is 0 Å². The molecule has 2 fully saturated rings. The van der Waals surface area contributed by atoms with Gasteiger partial charge in [0.1, 0.15) is 0 Å². The van der Waals surface area contributed by atoms with Crippen LogP contribution in [0.2, 0.25) is 0 Å². The van der Waals surface area contributed by atoms with E-state index in [1.54, 1.807) is 0 Å². The summed E-state index contributed by atoms with van der Waals surface area (Å²) in [6.07, 6.45) is 6.95. The van der Waals surface area contributed by atoms with E-state index in [1.165, 1.54) is 58.3 Å². The fourth-order valence-electron chi connectivity index (χ4n) is 3.21. The van der Waals surface area contributed by atoms with Crippen molar-refractivity contribution in [2.24, 2.45) is 5.92 Å². The first-order chi connectivity index (χ1) is 7.22. The van der Waals surface area contributed by atoms with Crippen molar-refractivity contribution in [1.29, 1.82) is 0 Å². The molecular formula is C13H26N2. The Bertz CT molecular complexity index is 197. The molecule has 0 aliphatic carbocycles. The summed E-state index contributed by atoms with van der Waals surface area (Å²) >= 11 is 0. The highest BCUT2D eigenvalue weighted by atomic mass is 15.2. The quantitative estimate of drug-likeness (QED) is 0.768. The first-order valence-electron chi connectivity index (χ1n) is 6.69. The van der Waals surface area contributed by atoms with E-state index in [1.807, 2.05) is 0 Å². The van der Waals surface area contributed by atoms with Crippen molar-refractivity contribution >= 4 is 0 Å². The summed E-state index contributed by atoms with van der Waals surface area (Å²) in [6, 6.07) is 0. The van der Waals surface area contributed by atoms with E-state index in [-0.39, 0.29) is 0 Å². The van der Waals surface area contributed by atoms with Gasteiger partial charge in [-0.05, 0) is 51.6 Å². The Kier molecular flexibility index (Phi) is 3.68. The van der Waals surface area contributed by atoms with Crippen LogP contribution in [-0.2, 0) is 0 Å². The van der Waals surface area contributed by atoms with E-state index in [0.29, 0.717) is 5.54 Å². The van der Waals surface area contributed by atoms with Crippen LogP contribution in [-0.4, -0.2) is 36.6 Å². The van der Waals surface area contributed by atoms with Crippen molar-refractivity contribution in [2.45, 2.75) is 51.5 Å². The van der Waals surface area contributed by atoms with Gasteiger partial charge in [0.2, 0.25) is 0 Å². The van der Waals surface area contributed by atoms with Crippen LogP contribution < -0.4 is 5.32 Å². The lowest BCUT2D eigenvalue weighted by Gasteiger charge is -2.38. The summed E-state index contributed by atoms with van der Waals surface area (Å²) in [7, 11) is 0. The van der Waals surface area contributed by atoms with Gasteiger partial charge >= 0.3 is 0 Å². The van der Waals surface area contributed by atoms with Gasteiger partial charge < -0.3 is 10.2 Å². The third-order valence-corrected chi connectivity index (χ3v) is 4.21. The Labute approximate surface area is 94.4 Å². The van der Waals surface area contributed by atoms with E-state index in [0.717, 1.165) is 5.92 Å². The van der Waals surface area contributed by atoms with Crippen molar-refractivity contribution < 1.29 is 0 Å². The van der Waals surface area contributed by atoms with Gasteiger partial charge in [0, 0.05) is 18.6 Å². The average Bonchev–Trinajstić information content (AvgIpc) is 2.65. The van der Waals surface area contributed by atoms with Crippen molar-refractivity contribution in [3.05, 3.63) is 0 Å². The lowest BCUT2D eigenvalue weighted by atomic mass is 9.93. The SMILES string of the molecule is CCC1CCCN(CC2(C)CCCN2)C1. The smallest absolute Gasteiger partial charge is 0.0280 e. The minimum atomic E-state index is 0.412. The van der Waals surface area contributed by atoms with Crippen LogP contribution in [0.25, 0.3) is 0 Å². The van der Waals surface area contributed by atoms with Crippen LogP contribution in [0.3, 0.4) is 0 Å². The van der Waals surface area contributed by atoms with Crippen LogP contribution in [0.15, 0.2) is 0 Å². The predicted octanol–water partition coefficient (Wildman–Crippen LogP) is 2.25. The van der Waals surface area contributed by atoms with E-state index in [4.69, 9.17) is 0 Å². The molecule has 0 radical (unpaired) electrons. The summed E-state index contributed by atoms with van der Waals surface area (Å²) in [6.45, 7) is 9.89. The van der Waals surface area contributed by atoms with Gasteiger partial charge in [0.15, 0.2) is 0 Å². The summed E-state index contributed by atoms with van der Waals surface area (Å²) in [4.78, 5) is 2.69. The Hall–Kier alpha value is -0.0800. The lowest BCUT2D eigenvalue weighted by Crippen LogP contribution is -2.50. The van der Waals surface area contributed by atoms with Gasteiger partial charge in [-0.25, -0.2) is 0 Å². The van der Waals surface area contributed by atoms with Crippen LogP contribution in [0.5, 0.6) is 0 Å². The summed E-state index contributed by atoms with van der Waals surface area (Å²) in [5.41, 5.74) is 0.412. The van der Waals surface area contributed by atoms with Crippen LogP contribution in [0.1, 0.15) is 46.0 Å². The lowest BCUT2D eigenvalue weighted by molar-refractivity contribution is 0.135. The molecule has 0 saturated carbocycles. The molecule has 2 nitrogen and oxygen atoms in total. The Balaban J connectivity index is 1.83. The number of hydrogen-bond donors (Lipinski definition) is 1. The predicted molar refractivity (Wildman–Crippen MR) is 65.1 cm³/mol. The minimum absolute atomic E-state index is 0.412. The van der Waals surface area contributed by atoms with E-state index >= 15 is 0 Å². The normalized spacial score (nSPS) is 38.4. The number of nitrogens with zero attached hydrogens (tertiary/aromatic N) is 1. The first-order valence-corrected chi connectivity index (χ1v) is 6.69. The van der Waals surface area contributed by atoms with Crippen LogP contribution in [0, 0.1) is 5.92 Å². The van der Waals surface area contributed by atoms with Crippen LogP contribution in [0.4, 0.5) is 0 Å². The first kappa shape index (κ1) is 11.4. The highest BCUT2D eigenvalue weighted by Gasteiger charge is 2.31. The van der Waals surface area contributed by atoms with Gasteiger partial charge in [0.25, 0.3) is 0 Å². The van der Waals surface area contributed by atoms with Crippen molar-refractivity contribution in [3.8, 4) is 0 Å². The van der Waals surface area contributed by atoms with E-state index in [2.05, 4.69) is 24.1 Å². The monoisotopic (exact) mass is 210 g/mol. The number of nitrogens with one attached hydrogen (secondary N) is 1. The molecule has 0 aromatic heterocycles. The maximum atomic E-state index is 3.67. The summed E-state index contributed by atoms with van der Waals surface area (Å²) < 4.78 is 0. The van der Waals surface area contributed by atoms with Gasteiger partial charge in [0.05, 0.1) is 0 Å². The third-order valence-electron chi connectivity index (χ3n) is 4.21. The molecule has 2 unspecified atom stereocenters. The zero-order chi connectivity index (χ0) is 10.7. The van der Waals surface area contributed by atoms with Crippen molar-refractivity contribution in [3.63, 3.8) is 0 Å². The highest BCUT2D eigenvalue weighted by Crippen LogP contribution is 2.24. The van der Waals surface area contributed by atoms with Gasteiger partial charge in [-0.2, -0.15) is 0 Å². The average molecular weight is 210 g/mol. The van der Waals surface area contributed by atoms with E-state index in [9.17, 15) is 0 Å². The molecule has 0 bridgehead atoms. The Morgan fingerprint density at radius 1 is 1.40 bits per heavy atom. The maximum Gasteiger partial charge on any atom is 0.0280 e. The molecule has 15 heavy (non-hydrogen) atoms. The number of hydrogen-bond acceptors (Lipinski definition) is 2. The van der Waals surface area contributed by atoms with Gasteiger partial charge in [-0.1, -0.05) is 13.3 Å². The molecule has 0 amide bonds. The number of likely N-dealkylation sites (tertiary alicyclic amines) is 1. The molecule has 2 saturated heterocycles. The molecule has 2 atom stereocenters. The fourth-order valence-corrected chi connectivity index (χ4v) is 3.21. The second kappa shape index (κ2) is 4.84. The minimum Gasteiger partial charge on any atom is -0.310 e. The highest BCUT2D eigenvalue weighted by molar-refractivity contribution is 4.92. The topological polar surface area (TPSA) is 15.3 Å². The standard InChI is InChI=1S/C13H26N2/c1-3-12-6-4-9-15(10-12)11-13(2)7-5-8-14-13/h12,14H,3-11H2,1-2H3. The number of piperidine rings is 1.